The molecule has 1 atom stereocenters. The fourth-order valence-electron chi connectivity index (χ4n) is 2.39. The number of para-hydroxylation sites is 1. The summed E-state index contributed by atoms with van der Waals surface area (Å²) in [6, 6.07) is 11.3. The molecule has 0 saturated heterocycles. The highest BCUT2D eigenvalue weighted by Crippen LogP contribution is 2.44. The van der Waals surface area contributed by atoms with E-state index in [0.29, 0.717) is 16.7 Å². The number of alkyl halides is 3. The maximum atomic E-state index is 12.9. The molecule has 2 nitrogen and oxygen atoms in total. The Morgan fingerprint density at radius 2 is 1.85 bits per heavy atom. The number of ether oxygens (including phenoxy) is 1. The zero-order valence-electron chi connectivity index (χ0n) is 10.3. The van der Waals surface area contributed by atoms with Gasteiger partial charge in [-0.2, -0.15) is 13.2 Å². The van der Waals surface area contributed by atoms with Crippen LogP contribution in [-0.4, -0.2) is 11.3 Å². The molecule has 0 aliphatic carbocycles. The topological polar surface area (TPSA) is 29.5 Å². The molecule has 0 aromatic heterocycles. The largest absolute Gasteiger partial charge is 0.507 e. The van der Waals surface area contributed by atoms with E-state index in [1.807, 2.05) is 0 Å². The summed E-state index contributed by atoms with van der Waals surface area (Å²) in [6.07, 6.45) is -6.31. The number of phenolic OH excluding ortho intramolecular Hbond substituents is 1. The molecule has 0 saturated carbocycles. The smallest absolute Gasteiger partial charge is 0.418 e. The molecule has 1 aliphatic rings. The standard InChI is InChI=1S/C15H11F3O2/c16-15(17,18)14-12-7-9(5-6-10(12)8-20-14)11-3-1-2-4-13(11)19/h1-7,14,19H,8H2. The summed E-state index contributed by atoms with van der Waals surface area (Å²) in [6.45, 7) is -0.0411. The molecular weight excluding hydrogens is 269 g/mol. The SMILES string of the molecule is Oc1ccccc1-c1ccc2c(c1)C(C(F)(F)F)OC2. The third-order valence-corrected chi connectivity index (χ3v) is 3.35. The first-order valence-electron chi connectivity index (χ1n) is 6.06. The van der Waals surface area contributed by atoms with E-state index in [-0.39, 0.29) is 17.9 Å². The minimum Gasteiger partial charge on any atom is -0.507 e. The van der Waals surface area contributed by atoms with Gasteiger partial charge in [0.2, 0.25) is 0 Å². The summed E-state index contributed by atoms with van der Waals surface area (Å²) >= 11 is 0. The lowest BCUT2D eigenvalue weighted by molar-refractivity contribution is -0.219. The molecular formula is C15H11F3O2. The molecule has 1 unspecified atom stereocenters. The van der Waals surface area contributed by atoms with Crippen molar-refractivity contribution >= 4 is 0 Å². The van der Waals surface area contributed by atoms with Crippen LogP contribution in [0.1, 0.15) is 17.2 Å². The Bertz CT molecular complexity index is 650. The first-order valence-corrected chi connectivity index (χ1v) is 6.06. The Morgan fingerprint density at radius 3 is 2.55 bits per heavy atom. The highest BCUT2D eigenvalue weighted by molar-refractivity contribution is 5.71. The lowest BCUT2D eigenvalue weighted by Crippen LogP contribution is -2.19. The minimum atomic E-state index is -4.43. The molecule has 0 spiro atoms. The van der Waals surface area contributed by atoms with Crippen LogP contribution in [0.25, 0.3) is 11.1 Å². The quantitative estimate of drug-likeness (QED) is 0.848. The first-order chi connectivity index (χ1) is 9.47. The van der Waals surface area contributed by atoms with Gasteiger partial charge in [-0.3, -0.25) is 0 Å². The Balaban J connectivity index is 2.08. The van der Waals surface area contributed by atoms with E-state index < -0.39 is 12.3 Å². The number of aromatic hydroxyl groups is 1. The number of hydrogen-bond acceptors (Lipinski definition) is 2. The number of phenols is 1. The minimum absolute atomic E-state index is 0.0370. The van der Waals surface area contributed by atoms with Crippen molar-refractivity contribution in [3.63, 3.8) is 0 Å². The molecule has 5 heteroatoms. The zero-order chi connectivity index (χ0) is 14.3. The molecule has 2 aromatic carbocycles. The van der Waals surface area contributed by atoms with Gasteiger partial charge in [-0.1, -0.05) is 30.3 Å². The number of hydrogen-bond donors (Lipinski definition) is 1. The van der Waals surface area contributed by atoms with Crippen LogP contribution in [0, 0.1) is 0 Å². The van der Waals surface area contributed by atoms with Crippen LogP contribution in [0.4, 0.5) is 13.2 Å². The normalized spacial score (nSPS) is 18.1. The van der Waals surface area contributed by atoms with Gasteiger partial charge >= 0.3 is 6.18 Å². The van der Waals surface area contributed by atoms with Gasteiger partial charge in [0.25, 0.3) is 0 Å². The van der Waals surface area contributed by atoms with Crippen LogP contribution >= 0.6 is 0 Å². The Hall–Kier alpha value is -2.01. The summed E-state index contributed by atoms with van der Waals surface area (Å²) in [5, 5.41) is 9.78. The molecule has 0 bridgehead atoms. The molecule has 104 valence electrons. The third-order valence-electron chi connectivity index (χ3n) is 3.35. The molecule has 0 radical (unpaired) electrons. The lowest BCUT2D eigenvalue weighted by atomic mass is 9.97. The molecule has 1 N–H and O–H groups in total. The fraction of sp³-hybridized carbons (Fsp3) is 0.200. The van der Waals surface area contributed by atoms with Gasteiger partial charge in [0.15, 0.2) is 6.10 Å². The summed E-state index contributed by atoms with van der Waals surface area (Å²) < 4.78 is 43.5. The lowest BCUT2D eigenvalue weighted by Gasteiger charge is -2.15. The fourth-order valence-corrected chi connectivity index (χ4v) is 2.39. The van der Waals surface area contributed by atoms with Crippen molar-refractivity contribution < 1.29 is 23.0 Å². The van der Waals surface area contributed by atoms with Gasteiger partial charge in [0.05, 0.1) is 6.61 Å². The van der Waals surface area contributed by atoms with Crippen molar-refractivity contribution in [2.24, 2.45) is 0 Å². The molecule has 2 aromatic rings. The molecule has 1 aliphatic heterocycles. The van der Waals surface area contributed by atoms with E-state index in [1.165, 1.54) is 12.1 Å². The van der Waals surface area contributed by atoms with Crippen LogP contribution in [0.2, 0.25) is 0 Å². The maximum Gasteiger partial charge on any atom is 0.418 e. The number of fused-ring (bicyclic) bond motifs is 1. The second-order valence-electron chi connectivity index (χ2n) is 4.66. The average Bonchev–Trinajstić information content (AvgIpc) is 2.82. The van der Waals surface area contributed by atoms with Crippen molar-refractivity contribution in [2.45, 2.75) is 18.9 Å². The van der Waals surface area contributed by atoms with Gasteiger partial charge in [0.1, 0.15) is 5.75 Å². The van der Waals surface area contributed by atoms with E-state index >= 15 is 0 Å². The van der Waals surface area contributed by atoms with E-state index in [1.54, 1.807) is 30.3 Å². The Labute approximate surface area is 113 Å². The first kappa shape index (κ1) is 13.0. The van der Waals surface area contributed by atoms with Gasteiger partial charge in [-0.05, 0) is 28.8 Å². The molecule has 0 amide bonds. The van der Waals surface area contributed by atoms with E-state index in [0.717, 1.165) is 0 Å². The van der Waals surface area contributed by atoms with Crippen LogP contribution in [-0.2, 0) is 11.3 Å². The average molecular weight is 280 g/mol. The molecule has 1 heterocycles. The number of rotatable bonds is 1. The van der Waals surface area contributed by atoms with Crippen LogP contribution in [0.15, 0.2) is 42.5 Å². The van der Waals surface area contributed by atoms with Gasteiger partial charge in [0, 0.05) is 5.56 Å². The van der Waals surface area contributed by atoms with Crippen molar-refractivity contribution in [1.82, 2.24) is 0 Å². The summed E-state index contributed by atoms with van der Waals surface area (Å²) in [7, 11) is 0. The Kier molecular flexibility index (Phi) is 2.94. The molecule has 20 heavy (non-hydrogen) atoms. The summed E-state index contributed by atoms with van der Waals surface area (Å²) in [5.41, 5.74) is 1.70. The number of benzene rings is 2. The van der Waals surface area contributed by atoms with E-state index in [9.17, 15) is 18.3 Å². The monoisotopic (exact) mass is 280 g/mol. The maximum absolute atomic E-state index is 12.9. The van der Waals surface area contributed by atoms with Crippen LogP contribution in [0.5, 0.6) is 5.75 Å². The summed E-state index contributed by atoms with van der Waals surface area (Å²) in [4.78, 5) is 0. The van der Waals surface area contributed by atoms with E-state index in [4.69, 9.17) is 4.74 Å². The van der Waals surface area contributed by atoms with Crippen molar-refractivity contribution in [1.29, 1.82) is 0 Å². The van der Waals surface area contributed by atoms with Crippen LogP contribution < -0.4 is 0 Å². The van der Waals surface area contributed by atoms with E-state index in [2.05, 4.69) is 0 Å². The predicted molar refractivity (Wildman–Crippen MR) is 67.1 cm³/mol. The molecule has 0 fully saturated rings. The van der Waals surface area contributed by atoms with Crippen molar-refractivity contribution in [2.75, 3.05) is 0 Å². The third kappa shape index (κ3) is 2.14. The van der Waals surface area contributed by atoms with Gasteiger partial charge in [-0.15, -0.1) is 0 Å². The van der Waals surface area contributed by atoms with Crippen LogP contribution in [0.3, 0.4) is 0 Å². The highest BCUT2D eigenvalue weighted by Gasteiger charge is 2.45. The second-order valence-corrected chi connectivity index (χ2v) is 4.66. The van der Waals surface area contributed by atoms with Gasteiger partial charge < -0.3 is 9.84 Å². The highest BCUT2D eigenvalue weighted by atomic mass is 19.4. The van der Waals surface area contributed by atoms with Gasteiger partial charge in [-0.25, -0.2) is 0 Å². The number of halogens is 3. The van der Waals surface area contributed by atoms with Crippen molar-refractivity contribution in [3.05, 3.63) is 53.6 Å². The summed E-state index contributed by atoms with van der Waals surface area (Å²) in [5.74, 6) is 0.0370. The zero-order valence-corrected chi connectivity index (χ0v) is 10.3. The molecule has 3 rings (SSSR count). The Morgan fingerprint density at radius 1 is 1.10 bits per heavy atom. The van der Waals surface area contributed by atoms with Crippen molar-refractivity contribution in [3.8, 4) is 16.9 Å². The second kappa shape index (κ2) is 4.52. The predicted octanol–water partition coefficient (Wildman–Crippen LogP) is 4.19.